The van der Waals surface area contributed by atoms with E-state index < -0.39 is 0 Å². The Kier molecular flexibility index (Phi) is 2.02. The summed E-state index contributed by atoms with van der Waals surface area (Å²) in [7, 11) is 0. The molecule has 2 heterocycles. The lowest BCUT2D eigenvalue weighted by atomic mass is 10.1. The molecule has 1 fully saturated rings. The molecule has 0 saturated carbocycles. The Morgan fingerprint density at radius 3 is 2.58 bits per heavy atom. The van der Waals surface area contributed by atoms with Gasteiger partial charge in [0.2, 0.25) is 5.95 Å². The third kappa shape index (κ3) is 1.31. The van der Waals surface area contributed by atoms with Gasteiger partial charge >= 0.3 is 0 Å². The molecule has 66 valence electrons. The van der Waals surface area contributed by atoms with E-state index in [1.54, 1.807) is 12.3 Å². The molecule has 1 saturated heterocycles. The van der Waals surface area contributed by atoms with Crippen molar-refractivity contribution < 1.29 is 4.39 Å². The number of nitrogens with one attached hydrogen (secondary N) is 1. The first-order valence-corrected chi connectivity index (χ1v) is 4.46. The minimum Gasteiger partial charge on any atom is -0.368 e. The standard InChI is InChI=1S/C9H13FN2/c10-9-8(4-5-11-9)12-6-2-1-3-7-12/h4-5,11H,1-3,6-7H2. The largest absolute Gasteiger partial charge is 0.368 e. The molecule has 0 aromatic carbocycles. The highest BCUT2D eigenvalue weighted by atomic mass is 19.1. The number of piperidine rings is 1. The van der Waals surface area contributed by atoms with Crippen LogP contribution in [0.5, 0.6) is 0 Å². The monoisotopic (exact) mass is 168 g/mol. The zero-order chi connectivity index (χ0) is 8.39. The van der Waals surface area contributed by atoms with Crippen LogP contribution in [0.3, 0.4) is 0 Å². The molecule has 0 aliphatic carbocycles. The Hall–Kier alpha value is -0.990. The van der Waals surface area contributed by atoms with E-state index >= 15 is 0 Å². The quantitative estimate of drug-likeness (QED) is 0.680. The number of hydrogen-bond acceptors (Lipinski definition) is 1. The fourth-order valence-electron chi connectivity index (χ4n) is 1.72. The molecule has 0 bridgehead atoms. The second-order valence-corrected chi connectivity index (χ2v) is 3.22. The van der Waals surface area contributed by atoms with Gasteiger partial charge in [-0.3, -0.25) is 0 Å². The van der Waals surface area contributed by atoms with E-state index in [2.05, 4.69) is 9.88 Å². The van der Waals surface area contributed by atoms with Gasteiger partial charge in [0.25, 0.3) is 0 Å². The van der Waals surface area contributed by atoms with Crippen LogP contribution >= 0.6 is 0 Å². The Labute approximate surface area is 71.4 Å². The van der Waals surface area contributed by atoms with Crippen LogP contribution in [0.4, 0.5) is 10.1 Å². The molecule has 2 rings (SSSR count). The van der Waals surface area contributed by atoms with Gasteiger partial charge < -0.3 is 9.88 Å². The Morgan fingerprint density at radius 1 is 1.25 bits per heavy atom. The first-order valence-electron chi connectivity index (χ1n) is 4.46. The number of rotatable bonds is 1. The Bertz CT molecular complexity index is 251. The summed E-state index contributed by atoms with van der Waals surface area (Å²) >= 11 is 0. The summed E-state index contributed by atoms with van der Waals surface area (Å²) in [6, 6.07) is 1.81. The first kappa shape index (κ1) is 7.65. The van der Waals surface area contributed by atoms with Crippen molar-refractivity contribution in [3.8, 4) is 0 Å². The number of nitrogens with zero attached hydrogens (tertiary/aromatic N) is 1. The van der Waals surface area contributed by atoms with Gasteiger partial charge in [-0.1, -0.05) is 0 Å². The molecular weight excluding hydrogens is 155 g/mol. The number of hydrogen-bond donors (Lipinski definition) is 1. The lowest BCUT2D eigenvalue weighted by molar-refractivity contribution is 0.547. The average Bonchev–Trinajstić information content (AvgIpc) is 2.53. The summed E-state index contributed by atoms with van der Waals surface area (Å²) in [5, 5.41) is 0. The fraction of sp³-hybridized carbons (Fsp3) is 0.556. The number of aromatic amines is 1. The molecule has 1 aromatic rings. The summed E-state index contributed by atoms with van der Waals surface area (Å²) in [6.45, 7) is 1.99. The molecule has 0 amide bonds. The smallest absolute Gasteiger partial charge is 0.214 e. The zero-order valence-corrected chi connectivity index (χ0v) is 7.02. The minimum absolute atomic E-state index is 0.197. The van der Waals surface area contributed by atoms with Gasteiger partial charge in [-0.25, -0.2) is 0 Å². The summed E-state index contributed by atoms with van der Waals surface area (Å²) in [6.07, 6.45) is 5.30. The van der Waals surface area contributed by atoms with Crippen molar-refractivity contribution in [3.63, 3.8) is 0 Å². The van der Waals surface area contributed by atoms with Crippen molar-refractivity contribution >= 4 is 5.69 Å². The van der Waals surface area contributed by atoms with Crippen LogP contribution in [-0.2, 0) is 0 Å². The van der Waals surface area contributed by atoms with Gasteiger partial charge in [0.05, 0.1) is 5.69 Å². The number of aromatic nitrogens is 1. The molecule has 0 radical (unpaired) electrons. The Morgan fingerprint density at radius 2 is 2.00 bits per heavy atom. The first-order chi connectivity index (χ1) is 5.88. The zero-order valence-electron chi connectivity index (χ0n) is 7.02. The van der Waals surface area contributed by atoms with Gasteiger partial charge in [-0.15, -0.1) is 0 Å². The van der Waals surface area contributed by atoms with Crippen molar-refractivity contribution in [3.05, 3.63) is 18.2 Å². The van der Waals surface area contributed by atoms with E-state index in [1.807, 2.05) is 0 Å². The maximum absolute atomic E-state index is 13.0. The van der Waals surface area contributed by atoms with Gasteiger partial charge in [-0.05, 0) is 25.3 Å². The molecule has 1 N–H and O–H groups in total. The fourth-order valence-corrected chi connectivity index (χ4v) is 1.72. The second-order valence-electron chi connectivity index (χ2n) is 3.22. The molecule has 3 heteroatoms. The normalized spacial score (nSPS) is 18.2. The third-order valence-electron chi connectivity index (χ3n) is 2.37. The number of halogens is 1. The van der Waals surface area contributed by atoms with Crippen LogP contribution in [0.1, 0.15) is 19.3 Å². The number of anilines is 1. The van der Waals surface area contributed by atoms with Crippen LogP contribution in [-0.4, -0.2) is 18.1 Å². The van der Waals surface area contributed by atoms with E-state index in [4.69, 9.17) is 0 Å². The van der Waals surface area contributed by atoms with Crippen molar-refractivity contribution in [1.29, 1.82) is 0 Å². The molecule has 0 spiro atoms. The maximum atomic E-state index is 13.0. The van der Waals surface area contributed by atoms with E-state index in [9.17, 15) is 4.39 Å². The third-order valence-corrected chi connectivity index (χ3v) is 2.37. The molecule has 1 aliphatic rings. The average molecular weight is 168 g/mol. The van der Waals surface area contributed by atoms with Crippen molar-refractivity contribution in [2.24, 2.45) is 0 Å². The van der Waals surface area contributed by atoms with Gasteiger partial charge in [0.1, 0.15) is 0 Å². The Balaban J connectivity index is 2.13. The van der Waals surface area contributed by atoms with Crippen LogP contribution in [0.2, 0.25) is 0 Å². The number of H-pyrrole nitrogens is 1. The lowest BCUT2D eigenvalue weighted by Crippen LogP contribution is -2.29. The predicted octanol–water partition coefficient (Wildman–Crippen LogP) is 2.14. The molecule has 2 nitrogen and oxygen atoms in total. The second kappa shape index (κ2) is 3.17. The highest BCUT2D eigenvalue weighted by molar-refractivity contribution is 5.45. The van der Waals surface area contributed by atoms with Crippen LogP contribution in [0, 0.1) is 5.95 Å². The van der Waals surface area contributed by atoms with Crippen molar-refractivity contribution in [2.45, 2.75) is 19.3 Å². The van der Waals surface area contributed by atoms with Crippen molar-refractivity contribution in [2.75, 3.05) is 18.0 Å². The summed E-state index contributed by atoms with van der Waals surface area (Å²) in [5.74, 6) is -0.197. The predicted molar refractivity (Wildman–Crippen MR) is 46.8 cm³/mol. The molecule has 0 unspecified atom stereocenters. The van der Waals surface area contributed by atoms with E-state index in [1.165, 1.54) is 19.3 Å². The SMILES string of the molecule is Fc1[nH]ccc1N1CCCCC1. The van der Waals surface area contributed by atoms with Crippen molar-refractivity contribution in [1.82, 2.24) is 4.98 Å². The van der Waals surface area contributed by atoms with Gasteiger partial charge in [-0.2, -0.15) is 4.39 Å². The van der Waals surface area contributed by atoms with Gasteiger partial charge in [0.15, 0.2) is 0 Å². The minimum atomic E-state index is -0.197. The van der Waals surface area contributed by atoms with Crippen LogP contribution in [0.25, 0.3) is 0 Å². The van der Waals surface area contributed by atoms with Gasteiger partial charge in [0, 0.05) is 19.3 Å². The van der Waals surface area contributed by atoms with E-state index in [0.29, 0.717) is 0 Å². The highest BCUT2D eigenvalue weighted by Crippen LogP contribution is 2.21. The summed E-state index contributed by atoms with van der Waals surface area (Å²) in [5.41, 5.74) is 0.731. The molecule has 12 heavy (non-hydrogen) atoms. The van der Waals surface area contributed by atoms with E-state index in [-0.39, 0.29) is 5.95 Å². The summed E-state index contributed by atoms with van der Waals surface area (Å²) in [4.78, 5) is 4.66. The van der Waals surface area contributed by atoms with E-state index in [0.717, 1.165) is 18.8 Å². The topological polar surface area (TPSA) is 19.0 Å². The lowest BCUT2D eigenvalue weighted by Gasteiger charge is -2.27. The van der Waals surface area contributed by atoms with Crippen LogP contribution in [0.15, 0.2) is 12.3 Å². The maximum Gasteiger partial charge on any atom is 0.214 e. The molecule has 1 aliphatic heterocycles. The molecule has 1 aromatic heterocycles. The molecular formula is C9H13FN2. The summed E-state index contributed by atoms with van der Waals surface area (Å²) < 4.78 is 13.0. The molecule has 0 atom stereocenters. The van der Waals surface area contributed by atoms with Crippen LogP contribution < -0.4 is 4.90 Å². The highest BCUT2D eigenvalue weighted by Gasteiger charge is 2.14.